The molecule has 1 saturated heterocycles. The number of piperazine rings is 1. The Morgan fingerprint density at radius 2 is 2.05 bits per heavy atom. The maximum Gasteiger partial charge on any atom is 0.128 e. The fraction of sp³-hybridized carbons (Fsp3) is 0.647. The summed E-state index contributed by atoms with van der Waals surface area (Å²) in [6.45, 7) is 13.7. The molecule has 0 amide bonds. The quantitative estimate of drug-likeness (QED) is 0.854. The molecule has 0 saturated carbocycles. The van der Waals surface area contributed by atoms with Crippen LogP contribution in [0.15, 0.2) is 22.7 Å². The highest BCUT2D eigenvalue weighted by Crippen LogP contribution is 2.30. The van der Waals surface area contributed by atoms with Crippen molar-refractivity contribution < 1.29 is 4.39 Å². The van der Waals surface area contributed by atoms with E-state index in [0.717, 1.165) is 23.1 Å². The third-order valence-corrected chi connectivity index (χ3v) is 4.69. The molecule has 1 aromatic carbocycles. The molecule has 1 fully saturated rings. The molecule has 4 heteroatoms. The van der Waals surface area contributed by atoms with E-state index in [9.17, 15) is 4.39 Å². The van der Waals surface area contributed by atoms with Gasteiger partial charge in [0, 0.05) is 41.3 Å². The lowest BCUT2D eigenvalue weighted by Crippen LogP contribution is -2.64. The molecule has 21 heavy (non-hydrogen) atoms. The highest BCUT2D eigenvalue weighted by molar-refractivity contribution is 9.10. The third-order valence-electron chi connectivity index (χ3n) is 4.20. The van der Waals surface area contributed by atoms with Crippen molar-refractivity contribution in [3.8, 4) is 0 Å². The van der Waals surface area contributed by atoms with Gasteiger partial charge in [-0.25, -0.2) is 4.39 Å². The van der Waals surface area contributed by atoms with Crippen LogP contribution < -0.4 is 5.32 Å². The molecule has 0 radical (unpaired) electrons. The standard InChI is InChI=1S/C17H26BrFN2/c1-16(2,3)15-9-20-17(4,5)11-21(15)10-12-6-7-13(18)8-14(12)19/h6-8,15,20H,9-11H2,1-5H3. The predicted molar refractivity (Wildman–Crippen MR) is 89.8 cm³/mol. The largest absolute Gasteiger partial charge is 0.309 e. The number of halogens is 2. The average Bonchev–Trinajstić information content (AvgIpc) is 2.30. The third kappa shape index (κ3) is 4.27. The number of nitrogens with one attached hydrogen (secondary N) is 1. The topological polar surface area (TPSA) is 15.3 Å². The number of nitrogens with zero attached hydrogens (tertiary/aromatic N) is 1. The maximum absolute atomic E-state index is 14.1. The first-order chi connectivity index (χ1) is 9.58. The van der Waals surface area contributed by atoms with Gasteiger partial charge in [-0.1, -0.05) is 42.8 Å². The molecule has 1 N–H and O–H groups in total. The molecule has 0 spiro atoms. The van der Waals surface area contributed by atoms with E-state index < -0.39 is 0 Å². The summed E-state index contributed by atoms with van der Waals surface area (Å²) in [5, 5.41) is 3.61. The van der Waals surface area contributed by atoms with Crippen LogP contribution in [0.5, 0.6) is 0 Å². The number of benzene rings is 1. The normalized spacial score (nSPS) is 23.3. The lowest BCUT2D eigenvalue weighted by Gasteiger charge is -2.49. The van der Waals surface area contributed by atoms with Gasteiger partial charge in [0.15, 0.2) is 0 Å². The minimum absolute atomic E-state index is 0.0631. The van der Waals surface area contributed by atoms with Gasteiger partial charge in [-0.3, -0.25) is 4.90 Å². The Bertz CT molecular complexity index is 508. The van der Waals surface area contributed by atoms with Gasteiger partial charge in [-0.05, 0) is 31.4 Å². The summed E-state index contributed by atoms with van der Waals surface area (Å²) in [6.07, 6.45) is 0. The Kier molecular flexibility index (Phi) is 4.81. The van der Waals surface area contributed by atoms with Gasteiger partial charge in [0.25, 0.3) is 0 Å². The number of rotatable bonds is 2. The molecule has 2 rings (SSSR count). The molecule has 1 unspecified atom stereocenters. The smallest absolute Gasteiger partial charge is 0.128 e. The number of hydrogen-bond acceptors (Lipinski definition) is 2. The van der Waals surface area contributed by atoms with E-state index in [-0.39, 0.29) is 16.8 Å². The summed E-state index contributed by atoms with van der Waals surface area (Å²) >= 11 is 3.32. The molecule has 118 valence electrons. The fourth-order valence-electron chi connectivity index (χ4n) is 3.06. The molecule has 0 aromatic heterocycles. The van der Waals surface area contributed by atoms with E-state index in [1.54, 1.807) is 6.07 Å². The first-order valence-corrected chi connectivity index (χ1v) is 8.31. The molecular formula is C17H26BrFN2. The van der Waals surface area contributed by atoms with Crippen LogP contribution in [-0.2, 0) is 6.54 Å². The van der Waals surface area contributed by atoms with Crippen LogP contribution in [0.2, 0.25) is 0 Å². The zero-order chi connectivity index (χ0) is 15.8. The Morgan fingerprint density at radius 1 is 1.38 bits per heavy atom. The van der Waals surface area contributed by atoms with Crippen LogP contribution in [0, 0.1) is 11.2 Å². The monoisotopic (exact) mass is 356 g/mol. The predicted octanol–water partition coefficient (Wildman–Crippen LogP) is 4.19. The van der Waals surface area contributed by atoms with Crippen molar-refractivity contribution in [1.29, 1.82) is 0 Å². The van der Waals surface area contributed by atoms with E-state index in [1.165, 1.54) is 0 Å². The van der Waals surface area contributed by atoms with Crippen molar-refractivity contribution in [2.24, 2.45) is 5.41 Å². The van der Waals surface area contributed by atoms with E-state index >= 15 is 0 Å². The molecule has 0 bridgehead atoms. The fourth-order valence-corrected chi connectivity index (χ4v) is 3.40. The molecule has 1 heterocycles. The SMILES string of the molecule is CC1(C)CN(Cc2ccc(Br)cc2F)C(C(C)(C)C)CN1. The van der Waals surface area contributed by atoms with Gasteiger partial charge in [0.05, 0.1) is 0 Å². The van der Waals surface area contributed by atoms with Crippen molar-refractivity contribution in [3.05, 3.63) is 34.1 Å². The van der Waals surface area contributed by atoms with E-state index in [0.29, 0.717) is 12.6 Å². The zero-order valence-corrected chi connectivity index (χ0v) is 15.2. The molecule has 1 atom stereocenters. The van der Waals surface area contributed by atoms with Gasteiger partial charge in [0.2, 0.25) is 0 Å². The molecule has 1 aliphatic heterocycles. The zero-order valence-electron chi connectivity index (χ0n) is 13.6. The van der Waals surface area contributed by atoms with Crippen LogP contribution in [0.4, 0.5) is 4.39 Å². The Balaban J connectivity index is 2.24. The Hall–Kier alpha value is -0.450. The number of hydrogen-bond donors (Lipinski definition) is 1. The molecule has 0 aliphatic carbocycles. The minimum atomic E-state index is -0.131. The second kappa shape index (κ2) is 5.98. The molecular weight excluding hydrogens is 331 g/mol. The highest BCUT2D eigenvalue weighted by Gasteiger charge is 2.38. The van der Waals surface area contributed by atoms with Crippen LogP contribution in [0.3, 0.4) is 0 Å². The van der Waals surface area contributed by atoms with Crippen molar-refractivity contribution in [2.45, 2.75) is 52.7 Å². The summed E-state index contributed by atoms with van der Waals surface area (Å²) in [7, 11) is 0. The molecule has 1 aliphatic rings. The summed E-state index contributed by atoms with van der Waals surface area (Å²) in [4.78, 5) is 2.42. The van der Waals surface area contributed by atoms with E-state index in [2.05, 4.69) is 60.8 Å². The summed E-state index contributed by atoms with van der Waals surface area (Å²) in [6, 6.07) is 5.74. The van der Waals surface area contributed by atoms with E-state index in [4.69, 9.17) is 0 Å². The summed E-state index contributed by atoms with van der Waals surface area (Å²) < 4.78 is 14.9. The van der Waals surface area contributed by atoms with Crippen LogP contribution in [-0.4, -0.2) is 29.6 Å². The Morgan fingerprint density at radius 3 is 2.62 bits per heavy atom. The molecule has 2 nitrogen and oxygen atoms in total. The second-order valence-corrected chi connectivity index (χ2v) is 8.70. The summed E-state index contributed by atoms with van der Waals surface area (Å²) in [5.74, 6) is -0.131. The van der Waals surface area contributed by atoms with Gasteiger partial charge in [-0.15, -0.1) is 0 Å². The molecule has 1 aromatic rings. The van der Waals surface area contributed by atoms with Crippen molar-refractivity contribution in [3.63, 3.8) is 0 Å². The summed E-state index contributed by atoms with van der Waals surface area (Å²) in [5.41, 5.74) is 0.994. The van der Waals surface area contributed by atoms with E-state index in [1.807, 2.05) is 12.1 Å². The van der Waals surface area contributed by atoms with Gasteiger partial charge < -0.3 is 5.32 Å². The van der Waals surface area contributed by atoms with Crippen molar-refractivity contribution >= 4 is 15.9 Å². The van der Waals surface area contributed by atoms with Crippen LogP contribution in [0.25, 0.3) is 0 Å². The lowest BCUT2D eigenvalue weighted by molar-refractivity contribution is 0.0264. The van der Waals surface area contributed by atoms with Gasteiger partial charge in [0.1, 0.15) is 5.82 Å². The van der Waals surface area contributed by atoms with Crippen LogP contribution in [0.1, 0.15) is 40.2 Å². The van der Waals surface area contributed by atoms with Crippen LogP contribution >= 0.6 is 15.9 Å². The minimum Gasteiger partial charge on any atom is -0.309 e. The van der Waals surface area contributed by atoms with Gasteiger partial charge in [-0.2, -0.15) is 0 Å². The lowest BCUT2D eigenvalue weighted by atomic mass is 9.82. The second-order valence-electron chi connectivity index (χ2n) is 7.79. The van der Waals surface area contributed by atoms with Crippen molar-refractivity contribution in [2.75, 3.05) is 13.1 Å². The Labute approximate surface area is 136 Å². The van der Waals surface area contributed by atoms with Crippen molar-refractivity contribution in [1.82, 2.24) is 10.2 Å². The first-order valence-electron chi connectivity index (χ1n) is 7.51. The average molecular weight is 357 g/mol. The first kappa shape index (κ1) is 16.9. The van der Waals surface area contributed by atoms with Gasteiger partial charge >= 0.3 is 0 Å². The maximum atomic E-state index is 14.1. The highest BCUT2D eigenvalue weighted by atomic mass is 79.9.